The number of thioether (sulfide) groups is 1. The van der Waals surface area contributed by atoms with Crippen LogP contribution in [-0.4, -0.2) is 31.9 Å². The number of benzene rings is 2. The van der Waals surface area contributed by atoms with Crippen molar-refractivity contribution in [2.24, 2.45) is 0 Å². The van der Waals surface area contributed by atoms with Crippen molar-refractivity contribution in [3.05, 3.63) is 69.5 Å². The highest BCUT2D eigenvalue weighted by Gasteiger charge is 2.12. The normalized spacial score (nSPS) is 10.9. The van der Waals surface area contributed by atoms with Crippen LogP contribution in [0.3, 0.4) is 0 Å². The molecule has 1 N–H and O–H groups in total. The van der Waals surface area contributed by atoms with Gasteiger partial charge in [-0.2, -0.15) is 4.68 Å². The van der Waals surface area contributed by atoms with Crippen LogP contribution >= 0.6 is 27.7 Å². The zero-order valence-corrected chi connectivity index (χ0v) is 16.6. The lowest BCUT2D eigenvalue weighted by Gasteiger charge is -2.07. The monoisotopic (exact) mass is 457 g/mol. The second-order valence-electron chi connectivity index (χ2n) is 5.69. The molecular weight excluding hydrogens is 446 g/mol. The summed E-state index contributed by atoms with van der Waals surface area (Å²) in [6, 6.07) is 15.6. The molecule has 0 aliphatic rings. The van der Waals surface area contributed by atoms with E-state index in [1.807, 2.05) is 24.3 Å². The third-order valence-electron chi connectivity index (χ3n) is 3.75. The van der Waals surface area contributed by atoms with Crippen molar-refractivity contribution in [3.63, 3.8) is 0 Å². The smallest absolute Gasteiger partial charge is 0.336 e. The molecule has 0 spiro atoms. The van der Waals surface area contributed by atoms with Crippen LogP contribution in [0.5, 0.6) is 0 Å². The summed E-state index contributed by atoms with van der Waals surface area (Å²) in [6.07, 6.45) is 0. The molecule has 0 aliphatic carbocycles. The van der Waals surface area contributed by atoms with E-state index in [4.69, 9.17) is 4.42 Å². The van der Waals surface area contributed by atoms with Crippen LogP contribution in [0, 0.1) is 0 Å². The molecule has 0 aliphatic heterocycles. The first kappa shape index (κ1) is 18.4. The largest absolute Gasteiger partial charge is 0.423 e. The SMILES string of the molecule is O=C(CSc1nnnn1-c1ccc(Br)cc1)Nc1ccc2oc(=O)ccc2c1. The number of fused-ring (bicyclic) bond motifs is 1. The van der Waals surface area contributed by atoms with Crippen LogP contribution in [0.2, 0.25) is 0 Å². The predicted molar refractivity (Wildman–Crippen MR) is 109 cm³/mol. The fraction of sp³-hybridized carbons (Fsp3) is 0.0556. The standard InChI is InChI=1S/C18H12BrN5O3S/c19-12-2-5-14(6-3-12)24-18(21-22-23-24)28-10-16(25)20-13-4-7-15-11(9-13)1-8-17(26)27-15/h1-9H,10H2,(H,20,25). The molecule has 4 aromatic rings. The quantitative estimate of drug-likeness (QED) is 0.362. The van der Waals surface area contributed by atoms with E-state index in [0.29, 0.717) is 16.4 Å². The van der Waals surface area contributed by atoms with E-state index in [1.165, 1.54) is 17.8 Å². The number of halogens is 1. The molecule has 0 saturated heterocycles. The zero-order chi connectivity index (χ0) is 19.5. The Bertz CT molecular complexity index is 1210. The summed E-state index contributed by atoms with van der Waals surface area (Å²) in [5.74, 6) is -0.0641. The van der Waals surface area contributed by atoms with Crippen molar-refractivity contribution < 1.29 is 9.21 Å². The van der Waals surface area contributed by atoms with E-state index in [1.54, 1.807) is 28.9 Å². The van der Waals surface area contributed by atoms with E-state index in [-0.39, 0.29) is 11.7 Å². The van der Waals surface area contributed by atoms with E-state index < -0.39 is 5.63 Å². The molecule has 140 valence electrons. The van der Waals surface area contributed by atoms with E-state index in [9.17, 15) is 9.59 Å². The summed E-state index contributed by atoms with van der Waals surface area (Å²) in [7, 11) is 0. The molecule has 2 aromatic heterocycles. The summed E-state index contributed by atoms with van der Waals surface area (Å²) in [4.78, 5) is 23.5. The highest BCUT2D eigenvalue weighted by molar-refractivity contribution is 9.10. The lowest BCUT2D eigenvalue weighted by atomic mass is 10.2. The molecule has 0 saturated carbocycles. The van der Waals surface area contributed by atoms with Gasteiger partial charge in [0.15, 0.2) is 0 Å². The van der Waals surface area contributed by atoms with Crippen LogP contribution in [0.25, 0.3) is 16.7 Å². The third-order valence-corrected chi connectivity index (χ3v) is 5.20. The Kier molecular flexibility index (Phi) is 5.22. The first-order valence-corrected chi connectivity index (χ1v) is 9.87. The number of carbonyl (C=O) groups excluding carboxylic acids is 1. The van der Waals surface area contributed by atoms with Crippen LogP contribution in [0.15, 0.2) is 73.4 Å². The van der Waals surface area contributed by atoms with Crippen molar-refractivity contribution in [3.8, 4) is 5.69 Å². The van der Waals surface area contributed by atoms with Gasteiger partial charge in [-0.1, -0.05) is 27.7 Å². The number of tetrazole rings is 1. The number of nitrogens with one attached hydrogen (secondary N) is 1. The minimum atomic E-state index is -0.413. The van der Waals surface area contributed by atoms with Gasteiger partial charge in [-0.3, -0.25) is 4.79 Å². The Morgan fingerprint density at radius 2 is 1.96 bits per heavy atom. The Balaban J connectivity index is 1.43. The first-order chi connectivity index (χ1) is 13.6. The summed E-state index contributed by atoms with van der Waals surface area (Å²) in [6.45, 7) is 0. The molecule has 0 unspecified atom stereocenters. The molecule has 0 fully saturated rings. The highest BCUT2D eigenvalue weighted by atomic mass is 79.9. The highest BCUT2D eigenvalue weighted by Crippen LogP contribution is 2.21. The average molecular weight is 458 g/mol. The minimum Gasteiger partial charge on any atom is -0.423 e. The van der Waals surface area contributed by atoms with Gasteiger partial charge in [0.05, 0.1) is 11.4 Å². The number of hydrogen-bond acceptors (Lipinski definition) is 7. The van der Waals surface area contributed by atoms with Crippen molar-refractivity contribution in [2.45, 2.75) is 5.16 Å². The van der Waals surface area contributed by atoms with Gasteiger partial charge in [-0.05, 0) is 59.0 Å². The van der Waals surface area contributed by atoms with E-state index in [2.05, 4.69) is 36.8 Å². The van der Waals surface area contributed by atoms with E-state index in [0.717, 1.165) is 15.5 Å². The van der Waals surface area contributed by atoms with Crippen LogP contribution in [0.1, 0.15) is 0 Å². The molecule has 10 heteroatoms. The second-order valence-corrected chi connectivity index (χ2v) is 7.55. The molecule has 0 bridgehead atoms. The van der Waals surface area contributed by atoms with Crippen LogP contribution < -0.4 is 10.9 Å². The third kappa shape index (κ3) is 4.12. The Labute approximate surface area is 171 Å². The van der Waals surface area contributed by atoms with Crippen molar-refractivity contribution >= 4 is 50.3 Å². The second kappa shape index (κ2) is 7.95. The summed E-state index contributed by atoms with van der Waals surface area (Å²) < 4.78 is 7.60. The summed E-state index contributed by atoms with van der Waals surface area (Å²) in [5, 5.41) is 15.7. The van der Waals surface area contributed by atoms with Gasteiger partial charge in [0, 0.05) is 21.6 Å². The maximum Gasteiger partial charge on any atom is 0.336 e. The van der Waals surface area contributed by atoms with Crippen LogP contribution in [0.4, 0.5) is 5.69 Å². The van der Waals surface area contributed by atoms with Crippen molar-refractivity contribution in [1.82, 2.24) is 20.2 Å². The number of carbonyl (C=O) groups is 1. The number of nitrogens with zero attached hydrogens (tertiary/aromatic N) is 4. The van der Waals surface area contributed by atoms with Gasteiger partial charge in [0.2, 0.25) is 11.1 Å². The molecule has 28 heavy (non-hydrogen) atoms. The van der Waals surface area contributed by atoms with Crippen LogP contribution in [-0.2, 0) is 4.79 Å². The van der Waals surface area contributed by atoms with Crippen molar-refractivity contribution in [1.29, 1.82) is 0 Å². The van der Waals surface area contributed by atoms with Crippen molar-refractivity contribution in [2.75, 3.05) is 11.1 Å². The molecule has 0 radical (unpaired) electrons. The fourth-order valence-corrected chi connectivity index (χ4v) is 3.45. The first-order valence-electron chi connectivity index (χ1n) is 8.09. The Morgan fingerprint density at radius 3 is 2.79 bits per heavy atom. The molecular formula is C18H12BrN5O3S. The maximum atomic E-state index is 12.3. The lowest BCUT2D eigenvalue weighted by Crippen LogP contribution is -2.14. The number of amides is 1. The molecule has 0 atom stereocenters. The fourth-order valence-electron chi connectivity index (χ4n) is 2.49. The molecule has 4 rings (SSSR count). The number of anilines is 1. The molecule has 1 amide bonds. The summed E-state index contributed by atoms with van der Waals surface area (Å²) in [5.41, 5.74) is 1.46. The van der Waals surface area contributed by atoms with Gasteiger partial charge >= 0.3 is 5.63 Å². The average Bonchev–Trinajstić information content (AvgIpc) is 3.16. The number of hydrogen-bond donors (Lipinski definition) is 1. The van der Waals surface area contributed by atoms with Gasteiger partial charge in [0.1, 0.15) is 5.58 Å². The van der Waals surface area contributed by atoms with Gasteiger partial charge in [-0.25, -0.2) is 4.79 Å². The molecule has 2 aromatic carbocycles. The predicted octanol–water partition coefficient (Wildman–Crippen LogP) is 3.26. The van der Waals surface area contributed by atoms with Gasteiger partial charge < -0.3 is 9.73 Å². The van der Waals surface area contributed by atoms with E-state index >= 15 is 0 Å². The number of rotatable bonds is 5. The molecule has 8 nitrogen and oxygen atoms in total. The lowest BCUT2D eigenvalue weighted by molar-refractivity contribution is -0.113. The maximum absolute atomic E-state index is 12.3. The number of aromatic nitrogens is 4. The Hall–Kier alpha value is -2.98. The van der Waals surface area contributed by atoms with Gasteiger partial charge in [-0.15, -0.1) is 5.10 Å². The Morgan fingerprint density at radius 1 is 1.14 bits per heavy atom. The van der Waals surface area contributed by atoms with Gasteiger partial charge in [0.25, 0.3) is 0 Å². The minimum absolute atomic E-state index is 0.138. The topological polar surface area (TPSA) is 103 Å². The summed E-state index contributed by atoms with van der Waals surface area (Å²) >= 11 is 4.62. The zero-order valence-electron chi connectivity index (χ0n) is 14.2. The molecule has 2 heterocycles.